The van der Waals surface area contributed by atoms with Gasteiger partial charge in [-0.05, 0) is 30.7 Å². The minimum atomic E-state index is -0.253. The molecular formula is C16H20N2O4. The lowest BCUT2D eigenvalue weighted by atomic mass is 10.1. The molecule has 1 aromatic carbocycles. The van der Waals surface area contributed by atoms with Crippen LogP contribution in [0.25, 0.3) is 11.3 Å². The molecule has 0 fully saturated rings. The first-order valence-electron chi connectivity index (χ1n) is 6.96. The normalized spacial score (nSPS) is 10.5. The molecule has 2 rings (SSSR count). The fraction of sp³-hybridized carbons (Fsp3) is 0.312. The summed E-state index contributed by atoms with van der Waals surface area (Å²) in [4.78, 5) is 12.0. The minimum Gasteiger partial charge on any atom is -0.496 e. The first-order valence-corrected chi connectivity index (χ1v) is 6.96. The van der Waals surface area contributed by atoms with Gasteiger partial charge in [-0.1, -0.05) is 0 Å². The van der Waals surface area contributed by atoms with E-state index in [2.05, 4.69) is 5.32 Å². The Balaban J connectivity index is 2.09. The van der Waals surface area contributed by atoms with Gasteiger partial charge in [-0.3, -0.25) is 4.79 Å². The van der Waals surface area contributed by atoms with Gasteiger partial charge >= 0.3 is 0 Å². The van der Waals surface area contributed by atoms with Gasteiger partial charge in [0, 0.05) is 32.0 Å². The molecule has 0 spiro atoms. The molecule has 22 heavy (non-hydrogen) atoms. The van der Waals surface area contributed by atoms with Crippen LogP contribution in [0.1, 0.15) is 17.0 Å². The highest BCUT2D eigenvalue weighted by Crippen LogP contribution is 2.32. The van der Waals surface area contributed by atoms with E-state index >= 15 is 0 Å². The maximum Gasteiger partial charge on any atom is 0.287 e. The molecule has 118 valence electrons. The number of rotatable bonds is 7. The van der Waals surface area contributed by atoms with Crippen molar-refractivity contribution < 1.29 is 18.7 Å². The van der Waals surface area contributed by atoms with E-state index in [1.54, 1.807) is 44.6 Å². The first-order chi connectivity index (χ1) is 10.7. The van der Waals surface area contributed by atoms with E-state index in [1.165, 1.54) is 0 Å². The predicted octanol–water partition coefficient (Wildman–Crippen LogP) is 2.30. The number of hydrogen-bond acceptors (Lipinski definition) is 5. The quantitative estimate of drug-likeness (QED) is 0.605. The lowest BCUT2D eigenvalue weighted by Crippen LogP contribution is -2.24. The van der Waals surface area contributed by atoms with E-state index in [-0.39, 0.29) is 11.7 Å². The highest BCUT2D eigenvalue weighted by atomic mass is 16.5. The molecule has 6 nitrogen and oxygen atoms in total. The van der Waals surface area contributed by atoms with E-state index in [1.807, 2.05) is 0 Å². The first kappa shape index (κ1) is 15.9. The molecule has 0 atom stereocenters. The van der Waals surface area contributed by atoms with Crippen LogP contribution in [0.5, 0.6) is 5.75 Å². The van der Waals surface area contributed by atoms with E-state index in [0.29, 0.717) is 30.3 Å². The van der Waals surface area contributed by atoms with Gasteiger partial charge in [0.2, 0.25) is 0 Å². The topological polar surface area (TPSA) is 86.7 Å². The smallest absolute Gasteiger partial charge is 0.287 e. The van der Waals surface area contributed by atoms with Crippen LogP contribution >= 0.6 is 0 Å². The fourth-order valence-electron chi connectivity index (χ4n) is 2.02. The zero-order valence-electron chi connectivity index (χ0n) is 12.7. The summed E-state index contributed by atoms with van der Waals surface area (Å²) in [5.41, 5.74) is 7.07. The number of carbonyl (C=O) groups is 1. The lowest BCUT2D eigenvalue weighted by molar-refractivity contribution is 0.0922. The second-order valence-corrected chi connectivity index (χ2v) is 4.73. The van der Waals surface area contributed by atoms with Crippen LogP contribution in [0.3, 0.4) is 0 Å². The van der Waals surface area contributed by atoms with E-state index in [4.69, 9.17) is 19.6 Å². The molecule has 1 heterocycles. The van der Waals surface area contributed by atoms with Gasteiger partial charge < -0.3 is 24.9 Å². The standard InChI is InChI=1S/C16H20N2O4/c1-20-9-3-8-18-16(19)14-7-6-13(22-14)12-5-4-11(17)10-15(12)21-2/h4-7,10H,3,8-9,17H2,1-2H3,(H,18,19). The Morgan fingerprint density at radius 2 is 2.09 bits per heavy atom. The van der Waals surface area contributed by atoms with Crippen LogP contribution in [0, 0.1) is 0 Å². The number of carbonyl (C=O) groups excluding carboxylic acids is 1. The van der Waals surface area contributed by atoms with Crippen LogP contribution < -0.4 is 15.8 Å². The van der Waals surface area contributed by atoms with Crippen molar-refractivity contribution in [3.05, 3.63) is 36.1 Å². The summed E-state index contributed by atoms with van der Waals surface area (Å²) in [5, 5.41) is 2.77. The lowest BCUT2D eigenvalue weighted by Gasteiger charge is -2.07. The molecule has 0 saturated heterocycles. The van der Waals surface area contributed by atoms with Crippen molar-refractivity contribution in [2.75, 3.05) is 33.1 Å². The third-order valence-corrected chi connectivity index (χ3v) is 3.13. The van der Waals surface area contributed by atoms with E-state index < -0.39 is 0 Å². The second kappa shape index (κ2) is 7.51. The van der Waals surface area contributed by atoms with Crippen molar-refractivity contribution in [1.29, 1.82) is 0 Å². The molecular weight excluding hydrogens is 284 g/mol. The maximum absolute atomic E-state index is 12.0. The summed E-state index contributed by atoms with van der Waals surface area (Å²) in [6, 6.07) is 8.63. The Morgan fingerprint density at radius 1 is 1.27 bits per heavy atom. The van der Waals surface area contributed by atoms with Crippen LogP contribution in [0.15, 0.2) is 34.7 Å². The number of hydrogen-bond donors (Lipinski definition) is 2. The van der Waals surface area contributed by atoms with Gasteiger partial charge in [-0.2, -0.15) is 0 Å². The van der Waals surface area contributed by atoms with Gasteiger partial charge in [0.05, 0.1) is 12.7 Å². The van der Waals surface area contributed by atoms with Crippen molar-refractivity contribution in [2.24, 2.45) is 0 Å². The number of methoxy groups -OCH3 is 2. The maximum atomic E-state index is 12.0. The summed E-state index contributed by atoms with van der Waals surface area (Å²) < 4.78 is 15.8. The number of amides is 1. The SMILES string of the molecule is COCCCNC(=O)c1ccc(-c2ccc(N)cc2OC)o1. The Morgan fingerprint density at radius 3 is 2.82 bits per heavy atom. The van der Waals surface area contributed by atoms with Gasteiger partial charge in [0.15, 0.2) is 5.76 Å². The van der Waals surface area contributed by atoms with Crippen molar-refractivity contribution >= 4 is 11.6 Å². The van der Waals surface area contributed by atoms with Gasteiger partial charge in [-0.15, -0.1) is 0 Å². The molecule has 0 unspecified atom stereocenters. The summed E-state index contributed by atoms with van der Waals surface area (Å²) in [7, 11) is 3.19. The van der Waals surface area contributed by atoms with Crippen LogP contribution in [0.2, 0.25) is 0 Å². The van der Waals surface area contributed by atoms with Gasteiger partial charge in [0.1, 0.15) is 11.5 Å². The Labute approximate surface area is 129 Å². The summed E-state index contributed by atoms with van der Waals surface area (Å²) in [6.07, 6.45) is 0.752. The van der Waals surface area contributed by atoms with Crippen molar-refractivity contribution in [2.45, 2.75) is 6.42 Å². The van der Waals surface area contributed by atoms with Gasteiger partial charge in [0.25, 0.3) is 5.91 Å². The zero-order valence-corrected chi connectivity index (χ0v) is 12.7. The summed E-state index contributed by atoms with van der Waals surface area (Å²) in [5.74, 6) is 1.16. The van der Waals surface area contributed by atoms with Crippen LogP contribution in [-0.4, -0.2) is 33.3 Å². The van der Waals surface area contributed by atoms with E-state index in [9.17, 15) is 4.79 Å². The summed E-state index contributed by atoms with van der Waals surface area (Å²) >= 11 is 0. The number of ether oxygens (including phenoxy) is 2. The highest BCUT2D eigenvalue weighted by molar-refractivity contribution is 5.92. The second-order valence-electron chi connectivity index (χ2n) is 4.73. The Hall–Kier alpha value is -2.47. The molecule has 0 saturated carbocycles. The number of furan rings is 1. The molecule has 3 N–H and O–H groups in total. The Bertz CT molecular complexity index is 637. The molecule has 0 aliphatic carbocycles. The molecule has 1 amide bonds. The van der Waals surface area contributed by atoms with E-state index in [0.717, 1.165) is 12.0 Å². The number of nitrogen functional groups attached to an aromatic ring is 1. The molecule has 0 aliphatic heterocycles. The molecule has 6 heteroatoms. The molecule has 0 aliphatic rings. The molecule has 1 aromatic heterocycles. The average molecular weight is 304 g/mol. The third-order valence-electron chi connectivity index (χ3n) is 3.13. The minimum absolute atomic E-state index is 0.253. The average Bonchev–Trinajstić information content (AvgIpc) is 3.01. The highest BCUT2D eigenvalue weighted by Gasteiger charge is 2.14. The predicted molar refractivity (Wildman–Crippen MR) is 83.9 cm³/mol. The summed E-state index contributed by atoms with van der Waals surface area (Å²) in [6.45, 7) is 1.14. The van der Waals surface area contributed by atoms with Crippen LogP contribution in [-0.2, 0) is 4.74 Å². The Kier molecular flexibility index (Phi) is 5.43. The van der Waals surface area contributed by atoms with Crippen LogP contribution in [0.4, 0.5) is 5.69 Å². The fourth-order valence-corrected chi connectivity index (χ4v) is 2.02. The van der Waals surface area contributed by atoms with Crippen molar-refractivity contribution in [3.8, 4) is 17.1 Å². The van der Waals surface area contributed by atoms with Crippen molar-refractivity contribution in [1.82, 2.24) is 5.32 Å². The largest absolute Gasteiger partial charge is 0.496 e. The molecule has 2 aromatic rings. The number of benzene rings is 1. The van der Waals surface area contributed by atoms with Crippen molar-refractivity contribution in [3.63, 3.8) is 0 Å². The van der Waals surface area contributed by atoms with Gasteiger partial charge in [-0.25, -0.2) is 0 Å². The molecule has 0 bridgehead atoms. The number of nitrogens with two attached hydrogens (primary N) is 1. The third kappa shape index (κ3) is 3.79. The number of anilines is 1. The monoisotopic (exact) mass is 304 g/mol. The molecule has 0 radical (unpaired) electrons. The number of nitrogens with one attached hydrogen (secondary N) is 1. The zero-order chi connectivity index (χ0) is 15.9.